The maximum absolute atomic E-state index is 5.36. The smallest absolute Gasteiger partial charge is 0.160 e. The van der Waals surface area contributed by atoms with Gasteiger partial charge in [0, 0.05) is 33.0 Å². The zero-order chi connectivity index (χ0) is 33.1. The van der Waals surface area contributed by atoms with Crippen molar-refractivity contribution < 1.29 is 0 Å². The van der Waals surface area contributed by atoms with E-state index >= 15 is 0 Å². The molecule has 1 aliphatic carbocycles. The molecule has 0 spiro atoms. The molecular weight excluding hydrogens is 611 g/mol. The van der Waals surface area contributed by atoms with E-state index in [0.29, 0.717) is 0 Å². The molecule has 49 heavy (non-hydrogen) atoms. The summed E-state index contributed by atoms with van der Waals surface area (Å²) in [5.41, 5.74) is 14.6. The van der Waals surface area contributed by atoms with Crippen LogP contribution in [0.25, 0.3) is 72.5 Å². The molecule has 10 rings (SSSR count). The van der Waals surface area contributed by atoms with E-state index in [4.69, 9.17) is 9.97 Å². The quantitative estimate of drug-likeness (QED) is 0.179. The average molecular weight is 646 g/mol. The lowest BCUT2D eigenvalue weighted by molar-refractivity contribution is 0.664. The second kappa shape index (κ2) is 9.97. The van der Waals surface area contributed by atoms with Crippen molar-refractivity contribution in [2.45, 2.75) is 32.4 Å². The monoisotopic (exact) mass is 645 g/mol. The minimum atomic E-state index is -2.00. The predicted molar refractivity (Wildman–Crippen MR) is 207 cm³/mol. The summed E-state index contributed by atoms with van der Waals surface area (Å²) >= 11 is 0. The van der Waals surface area contributed by atoms with Gasteiger partial charge in [0.1, 0.15) is 8.07 Å². The Bertz CT molecular complexity index is 2650. The van der Waals surface area contributed by atoms with E-state index in [-0.39, 0.29) is 5.41 Å². The summed E-state index contributed by atoms with van der Waals surface area (Å²) in [5, 5.41) is 5.34. The van der Waals surface area contributed by atoms with E-state index in [1.165, 1.54) is 60.0 Å². The summed E-state index contributed by atoms with van der Waals surface area (Å²) in [4.78, 5) is 10.7. The standard InChI is InChI=1S/C45H35N3Si/c1-45(2)36-19-11-8-16-31(36)33-26-27-34-32-17-9-12-20-37(32)48(42(34)39(33)45)30-24-22-29(23-25-30)44-46-40(28-14-6-5-7-15-28)43-41(47-44)35-18-10-13-21-38(35)49(43,3)4/h5-27H,1-4H3. The Morgan fingerprint density at radius 2 is 1.22 bits per heavy atom. The Morgan fingerprint density at radius 3 is 2.04 bits per heavy atom. The summed E-state index contributed by atoms with van der Waals surface area (Å²) in [6.07, 6.45) is 0. The first-order chi connectivity index (χ1) is 23.8. The zero-order valence-corrected chi connectivity index (χ0v) is 29.1. The fourth-order valence-electron chi connectivity index (χ4n) is 8.89. The number of hydrogen-bond donors (Lipinski definition) is 0. The summed E-state index contributed by atoms with van der Waals surface area (Å²) in [6, 6.07) is 50.8. The molecule has 0 radical (unpaired) electrons. The summed E-state index contributed by atoms with van der Waals surface area (Å²) in [6.45, 7) is 9.62. The third kappa shape index (κ3) is 3.83. The second-order valence-electron chi connectivity index (χ2n) is 14.6. The van der Waals surface area contributed by atoms with Crippen LogP contribution in [0.3, 0.4) is 0 Å². The van der Waals surface area contributed by atoms with Crippen LogP contribution in [0, 0.1) is 0 Å². The number of fused-ring (bicyclic) bond motifs is 10. The molecule has 3 nitrogen and oxygen atoms in total. The van der Waals surface area contributed by atoms with Gasteiger partial charge in [0.25, 0.3) is 0 Å². The van der Waals surface area contributed by atoms with E-state index in [1.807, 2.05) is 0 Å². The van der Waals surface area contributed by atoms with Crippen LogP contribution in [0.4, 0.5) is 0 Å². The third-order valence-corrected chi connectivity index (χ3v) is 14.7. The van der Waals surface area contributed by atoms with Gasteiger partial charge in [0.05, 0.1) is 22.4 Å². The molecule has 4 heteroatoms. The molecule has 8 aromatic rings. The molecule has 0 unspecified atom stereocenters. The molecule has 3 heterocycles. The van der Waals surface area contributed by atoms with Gasteiger partial charge >= 0.3 is 0 Å². The molecule has 0 amide bonds. The third-order valence-electron chi connectivity index (χ3n) is 11.2. The molecule has 0 saturated carbocycles. The molecule has 0 bridgehead atoms. The Kier molecular flexibility index (Phi) is 5.79. The number of hydrogen-bond acceptors (Lipinski definition) is 2. The van der Waals surface area contributed by atoms with E-state index in [2.05, 4.69) is 171 Å². The van der Waals surface area contributed by atoms with Crippen LogP contribution < -0.4 is 10.4 Å². The molecule has 6 aromatic carbocycles. The highest BCUT2D eigenvalue weighted by atomic mass is 28.3. The van der Waals surface area contributed by atoms with Crippen LogP contribution in [0.5, 0.6) is 0 Å². The normalized spacial score (nSPS) is 14.9. The van der Waals surface area contributed by atoms with Crippen molar-refractivity contribution in [3.05, 3.63) is 151 Å². The highest BCUT2D eigenvalue weighted by molar-refractivity contribution is 7.04. The lowest BCUT2D eigenvalue weighted by atomic mass is 9.81. The van der Waals surface area contributed by atoms with Gasteiger partial charge in [-0.15, -0.1) is 0 Å². The molecular formula is C45H35N3Si. The van der Waals surface area contributed by atoms with Crippen molar-refractivity contribution >= 4 is 40.3 Å². The summed E-state index contributed by atoms with van der Waals surface area (Å²) < 4.78 is 2.48. The first-order valence-electron chi connectivity index (χ1n) is 17.2. The van der Waals surface area contributed by atoms with Crippen LogP contribution in [0.15, 0.2) is 140 Å². The number of nitrogens with zero attached hydrogens (tertiary/aromatic N) is 3. The molecule has 0 atom stereocenters. The van der Waals surface area contributed by atoms with Gasteiger partial charge in [0.15, 0.2) is 5.82 Å². The Balaban J connectivity index is 1.18. The fourth-order valence-corrected chi connectivity index (χ4v) is 12.1. The Hall–Kier alpha value is -5.58. The Morgan fingerprint density at radius 1 is 0.551 bits per heavy atom. The van der Waals surface area contributed by atoms with Crippen molar-refractivity contribution in [1.82, 2.24) is 14.5 Å². The van der Waals surface area contributed by atoms with Gasteiger partial charge in [-0.05, 0) is 68.5 Å². The van der Waals surface area contributed by atoms with Gasteiger partial charge in [-0.25, -0.2) is 9.97 Å². The molecule has 1 aliphatic heterocycles. The molecule has 0 N–H and O–H groups in total. The van der Waals surface area contributed by atoms with E-state index in [9.17, 15) is 0 Å². The average Bonchev–Trinajstić information content (AvgIpc) is 3.69. The molecule has 234 valence electrons. The second-order valence-corrected chi connectivity index (χ2v) is 18.9. The maximum atomic E-state index is 5.36. The number of rotatable bonds is 3. The van der Waals surface area contributed by atoms with Gasteiger partial charge in [-0.3, -0.25) is 0 Å². The van der Waals surface area contributed by atoms with E-state index in [0.717, 1.165) is 34.0 Å². The number of para-hydroxylation sites is 1. The highest BCUT2D eigenvalue weighted by Crippen LogP contribution is 2.52. The minimum absolute atomic E-state index is 0.128. The van der Waals surface area contributed by atoms with Gasteiger partial charge in [-0.2, -0.15) is 0 Å². The van der Waals surface area contributed by atoms with Crippen molar-refractivity contribution in [2.24, 2.45) is 0 Å². The maximum Gasteiger partial charge on any atom is 0.160 e. The Labute approximate surface area is 287 Å². The van der Waals surface area contributed by atoms with Crippen molar-refractivity contribution in [3.8, 4) is 50.7 Å². The SMILES string of the molecule is CC1(C)c2ccccc2-c2ccc3c4ccccc4n(-c4ccc(-c5nc(-c6ccccc6)c6c(n5)-c5ccccc5[Si]6(C)C)cc4)c3c21. The first-order valence-corrected chi connectivity index (χ1v) is 20.2. The van der Waals surface area contributed by atoms with Crippen LogP contribution in [-0.2, 0) is 5.41 Å². The van der Waals surface area contributed by atoms with Crippen LogP contribution in [0.1, 0.15) is 25.0 Å². The van der Waals surface area contributed by atoms with Crippen LogP contribution in [0.2, 0.25) is 13.1 Å². The highest BCUT2D eigenvalue weighted by Gasteiger charge is 2.42. The summed E-state index contributed by atoms with van der Waals surface area (Å²) in [5.74, 6) is 0.769. The molecule has 0 saturated heterocycles. The van der Waals surface area contributed by atoms with E-state index in [1.54, 1.807) is 0 Å². The minimum Gasteiger partial charge on any atom is -0.309 e. The van der Waals surface area contributed by atoms with Crippen molar-refractivity contribution in [2.75, 3.05) is 0 Å². The number of aromatic nitrogens is 3. The van der Waals surface area contributed by atoms with Gasteiger partial charge in [-0.1, -0.05) is 136 Å². The van der Waals surface area contributed by atoms with E-state index < -0.39 is 8.07 Å². The predicted octanol–water partition coefficient (Wildman–Crippen LogP) is 10.0. The fraction of sp³-hybridized carbons (Fsp3) is 0.111. The summed E-state index contributed by atoms with van der Waals surface area (Å²) in [7, 11) is -2.00. The molecule has 0 fully saturated rings. The van der Waals surface area contributed by atoms with Crippen LogP contribution in [-0.4, -0.2) is 22.6 Å². The lowest BCUT2D eigenvalue weighted by Crippen LogP contribution is -2.50. The van der Waals surface area contributed by atoms with Gasteiger partial charge < -0.3 is 4.57 Å². The largest absolute Gasteiger partial charge is 0.309 e. The van der Waals surface area contributed by atoms with Crippen LogP contribution >= 0.6 is 0 Å². The van der Waals surface area contributed by atoms with Gasteiger partial charge in [0.2, 0.25) is 0 Å². The molecule has 2 aromatic heterocycles. The molecule has 2 aliphatic rings. The van der Waals surface area contributed by atoms with Crippen molar-refractivity contribution in [1.29, 1.82) is 0 Å². The topological polar surface area (TPSA) is 30.7 Å². The zero-order valence-electron chi connectivity index (χ0n) is 28.1. The number of benzene rings is 6. The van der Waals surface area contributed by atoms with Crippen molar-refractivity contribution in [3.63, 3.8) is 0 Å². The first kappa shape index (κ1) is 28.4. The lowest BCUT2D eigenvalue weighted by Gasteiger charge is -2.23.